The molecule has 0 radical (unpaired) electrons. The molecule has 0 fully saturated rings. The van der Waals surface area contributed by atoms with E-state index in [4.69, 9.17) is 28.3 Å². The zero-order chi connectivity index (χ0) is 15.5. The van der Waals surface area contributed by atoms with Gasteiger partial charge in [0.05, 0.1) is 5.02 Å². The van der Waals surface area contributed by atoms with Crippen LogP contribution in [0.15, 0.2) is 41.4 Å². The molecule has 1 heterocycles. The quantitative estimate of drug-likeness (QED) is 0.815. The van der Waals surface area contributed by atoms with Gasteiger partial charge in [-0.2, -0.15) is 0 Å². The normalized spacial score (nSPS) is 11.5. The maximum Gasteiger partial charge on any atom is 0.242 e. The Balaban J connectivity index is 2.01. The average Bonchev–Trinajstić information content (AvgIpc) is 2.44. The molecule has 0 atom stereocenters. The summed E-state index contributed by atoms with van der Waals surface area (Å²) in [7, 11) is -3.68. The molecule has 5 nitrogen and oxygen atoms in total. The summed E-state index contributed by atoms with van der Waals surface area (Å²) in [6.45, 7) is 0.216. The van der Waals surface area contributed by atoms with Crippen molar-refractivity contribution in [1.82, 2.24) is 9.71 Å². The zero-order valence-corrected chi connectivity index (χ0v) is 13.1. The molecule has 0 aliphatic rings. The number of rotatable bonds is 5. The van der Waals surface area contributed by atoms with E-state index in [-0.39, 0.29) is 27.4 Å². The average molecular weight is 347 g/mol. The van der Waals surface area contributed by atoms with Crippen LogP contribution in [0.5, 0.6) is 5.75 Å². The molecule has 0 bridgehead atoms. The van der Waals surface area contributed by atoms with Crippen molar-refractivity contribution in [2.45, 2.75) is 11.3 Å². The maximum absolute atomic E-state index is 12.0. The highest BCUT2D eigenvalue weighted by atomic mass is 35.5. The third-order valence-electron chi connectivity index (χ3n) is 2.72. The van der Waals surface area contributed by atoms with E-state index in [1.807, 2.05) is 0 Å². The molecule has 0 unspecified atom stereocenters. The van der Waals surface area contributed by atoms with Gasteiger partial charge in [0.1, 0.15) is 15.8 Å². The largest absolute Gasteiger partial charge is 0.508 e. The van der Waals surface area contributed by atoms with Crippen LogP contribution in [0.3, 0.4) is 0 Å². The van der Waals surface area contributed by atoms with E-state index in [1.54, 1.807) is 24.3 Å². The van der Waals surface area contributed by atoms with Gasteiger partial charge in [-0.25, -0.2) is 18.1 Å². The molecule has 0 aliphatic carbocycles. The van der Waals surface area contributed by atoms with E-state index >= 15 is 0 Å². The highest BCUT2D eigenvalue weighted by Crippen LogP contribution is 2.22. The molecule has 2 aromatic rings. The molecule has 21 heavy (non-hydrogen) atoms. The Morgan fingerprint density at radius 3 is 2.48 bits per heavy atom. The molecule has 2 N–H and O–H groups in total. The number of nitrogens with one attached hydrogen (secondary N) is 1. The Bertz CT molecular complexity index is 734. The van der Waals surface area contributed by atoms with Crippen LogP contribution in [0.1, 0.15) is 5.56 Å². The van der Waals surface area contributed by atoms with E-state index in [1.165, 1.54) is 6.07 Å². The van der Waals surface area contributed by atoms with E-state index < -0.39 is 10.0 Å². The number of pyridine rings is 1. The fourth-order valence-corrected chi connectivity index (χ4v) is 2.96. The van der Waals surface area contributed by atoms with Crippen LogP contribution in [0.4, 0.5) is 0 Å². The van der Waals surface area contributed by atoms with Crippen LogP contribution in [0.25, 0.3) is 0 Å². The Morgan fingerprint density at radius 2 is 1.86 bits per heavy atom. The third-order valence-corrected chi connectivity index (χ3v) is 4.84. The number of phenols is 1. The second-order valence-electron chi connectivity index (χ2n) is 4.26. The lowest BCUT2D eigenvalue weighted by Crippen LogP contribution is -2.26. The summed E-state index contributed by atoms with van der Waals surface area (Å²) in [5.74, 6) is 0.168. The van der Waals surface area contributed by atoms with Crippen molar-refractivity contribution in [1.29, 1.82) is 0 Å². The SMILES string of the molecule is O=S(=O)(NCCc1ccc(O)cc1)c1cnc(Cl)c(Cl)c1. The molecule has 0 saturated carbocycles. The first-order valence-electron chi connectivity index (χ1n) is 5.97. The van der Waals surface area contributed by atoms with Crippen molar-refractivity contribution in [3.8, 4) is 5.75 Å². The summed E-state index contributed by atoms with van der Waals surface area (Å²) in [5.41, 5.74) is 0.905. The number of nitrogens with zero attached hydrogens (tertiary/aromatic N) is 1. The zero-order valence-electron chi connectivity index (χ0n) is 10.8. The van der Waals surface area contributed by atoms with Gasteiger partial charge in [0.25, 0.3) is 0 Å². The number of phenolic OH excluding ortho intramolecular Hbond substituents is 1. The molecule has 1 aromatic heterocycles. The molecule has 2 rings (SSSR count). The molecule has 0 saturated heterocycles. The van der Waals surface area contributed by atoms with Crippen molar-refractivity contribution in [2.24, 2.45) is 0 Å². The third kappa shape index (κ3) is 4.31. The maximum atomic E-state index is 12.0. The van der Waals surface area contributed by atoms with Crippen molar-refractivity contribution in [2.75, 3.05) is 6.54 Å². The minimum absolute atomic E-state index is 0.0393. The summed E-state index contributed by atoms with van der Waals surface area (Å²) in [4.78, 5) is 3.67. The number of halogens is 2. The van der Waals surface area contributed by atoms with Crippen LogP contribution in [0, 0.1) is 0 Å². The Hall–Kier alpha value is -1.34. The van der Waals surface area contributed by atoms with Crippen LogP contribution < -0.4 is 4.72 Å². The fourth-order valence-electron chi connectivity index (χ4n) is 1.63. The van der Waals surface area contributed by atoms with Gasteiger partial charge >= 0.3 is 0 Å². The highest BCUT2D eigenvalue weighted by Gasteiger charge is 2.15. The van der Waals surface area contributed by atoms with Crippen LogP contribution in [0.2, 0.25) is 10.2 Å². The van der Waals surface area contributed by atoms with Crippen molar-refractivity contribution >= 4 is 33.2 Å². The molecule has 0 aliphatic heterocycles. The molecule has 8 heteroatoms. The van der Waals surface area contributed by atoms with Crippen molar-refractivity contribution in [3.05, 3.63) is 52.3 Å². The molecule has 0 spiro atoms. The number of aromatic hydroxyl groups is 1. The predicted molar refractivity (Wildman–Crippen MR) is 81.3 cm³/mol. The van der Waals surface area contributed by atoms with Gasteiger partial charge in [-0.3, -0.25) is 0 Å². The van der Waals surface area contributed by atoms with Crippen LogP contribution in [-0.4, -0.2) is 25.1 Å². The molecular formula is C13H12Cl2N2O3S. The van der Waals surface area contributed by atoms with Crippen molar-refractivity contribution in [3.63, 3.8) is 0 Å². The molecule has 112 valence electrons. The summed E-state index contributed by atoms with van der Waals surface area (Å²) in [5, 5.41) is 9.30. The second kappa shape index (κ2) is 6.62. The summed E-state index contributed by atoms with van der Waals surface area (Å²) < 4.78 is 26.5. The van der Waals surface area contributed by atoms with Gasteiger partial charge < -0.3 is 5.11 Å². The minimum atomic E-state index is -3.68. The Labute approximate surface area is 132 Å². The van der Waals surface area contributed by atoms with Gasteiger partial charge in [0, 0.05) is 12.7 Å². The number of aromatic nitrogens is 1. The lowest BCUT2D eigenvalue weighted by Gasteiger charge is -2.07. The topological polar surface area (TPSA) is 79.3 Å². The standard InChI is InChI=1S/C13H12Cl2N2O3S/c14-12-7-11(8-16-13(12)15)21(19,20)17-6-5-9-1-3-10(18)4-2-9/h1-4,7-8,17-18H,5-6H2. The Kier molecular flexibility index (Phi) is 5.05. The van der Waals surface area contributed by atoms with Gasteiger partial charge in [-0.05, 0) is 30.2 Å². The molecule has 0 amide bonds. The number of sulfonamides is 1. The second-order valence-corrected chi connectivity index (χ2v) is 6.79. The van der Waals surface area contributed by atoms with E-state index in [9.17, 15) is 8.42 Å². The lowest BCUT2D eigenvalue weighted by molar-refractivity contribution is 0.475. The predicted octanol–water partition coefficient (Wildman–Crippen LogP) is 2.62. The van der Waals surface area contributed by atoms with Gasteiger partial charge in [-0.15, -0.1) is 0 Å². The Morgan fingerprint density at radius 1 is 1.19 bits per heavy atom. The number of hydrogen-bond donors (Lipinski definition) is 2. The van der Waals surface area contributed by atoms with E-state index in [0.29, 0.717) is 6.42 Å². The highest BCUT2D eigenvalue weighted by molar-refractivity contribution is 7.89. The first kappa shape index (κ1) is 16.0. The number of hydrogen-bond acceptors (Lipinski definition) is 4. The molecular weight excluding hydrogens is 335 g/mol. The number of benzene rings is 1. The fraction of sp³-hybridized carbons (Fsp3) is 0.154. The lowest BCUT2D eigenvalue weighted by atomic mass is 10.1. The first-order chi connectivity index (χ1) is 9.88. The minimum Gasteiger partial charge on any atom is -0.508 e. The molecule has 1 aromatic carbocycles. The summed E-state index contributed by atoms with van der Waals surface area (Å²) in [6.07, 6.45) is 1.64. The van der Waals surface area contributed by atoms with E-state index in [0.717, 1.165) is 11.8 Å². The van der Waals surface area contributed by atoms with E-state index in [2.05, 4.69) is 9.71 Å². The van der Waals surface area contributed by atoms with Crippen LogP contribution in [-0.2, 0) is 16.4 Å². The smallest absolute Gasteiger partial charge is 0.242 e. The van der Waals surface area contributed by atoms with Crippen molar-refractivity contribution < 1.29 is 13.5 Å². The first-order valence-corrected chi connectivity index (χ1v) is 8.21. The van der Waals surface area contributed by atoms with Gasteiger partial charge in [0.15, 0.2) is 0 Å². The van der Waals surface area contributed by atoms with Gasteiger partial charge in [0.2, 0.25) is 10.0 Å². The van der Waals surface area contributed by atoms with Gasteiger partial charge in [-0.1, -0.05) is 35.3 Å². The summed E-state index contributed by atoms with van der Waals surface area (Å²) >= 11 is 11.4. The summed E-state index contributed by atoms with van der Waals surface area (Å²) in [6, 6.07) is 7.80. The van der Waals surface area contributed by atoms with Crippen LogP contribution >= 0.6 is 23.2 Å². The monoisotopic (exact) mass is 346 g/mol.